The molecule has 2 aromatic carbocycles. The van der Waals surface area contributed by atoms with E-state index in [-0.39, 0.29) is 5.91 Å². The third-order valence-electron chi connectivity index (χ3n) is 3.60. The van der Waals surface area contributed by atoms with Crippen molar-refractivity contribution in [1.82, 2.24) is 4.98 Å². The summed E-state index contributed by atoms with van der Waals surface area (Å²) < 4.78 is 5.77. The van der Waals surface area contributed by atoms with E-state index in [1.54, 1.807) is 24.3 Å². The zero-order chi connectivity index (χ0) is 17.8. The molecule has 0 spiro atoms. The molecule has 0 aliphatic heterocycles. The maximum absolute atomic E-state index is 12.2. The molecule has 1 amide bonds. The quantitative estimate of drug-likeness (QED) is 0.568. The number of carbonyl (C=O) groups is 2. The normalized spacial score (nSPS) is 11.0. The Hall–Kier alpha value is -2.99. The number of rotatable bonds is 4. The van der Waals surface area contributed by atoms with Gasteiger partial charge in [0.15, 0.2) is 0 Å². The summed E-state index contributed by atoms with van der Waals surface area (Å²) in [6.45, 7) is 1.86. The molecule has 6 heteroatoms. The minimum Gasteiger partial charge on any atom is -0.465 e. The van der Waals surface area contributed by atoms with Gasteiger partial charge in [-0.15, -0.1) is 11.3 Å². The summed E-state index contributed by atoms with van der Waals surface area (Å²) >= 11 is 1.52. The molecule has 0 aliphatic rings. The summed E-state index contributed by atoms with van der Waals surface area (Å²) in [5, 5.41) is 3.54. The van der Waals surface area contributed by atoms with Crippen LogP contribution in [-0.4, -0.2) is 24.0 Å². The maximum atomic E-state index is 12.2. The summed E-state index contributed by atoms with van der Waals surface area (Å²) in [6, 6.07) is 12.8. The van der Waals surface area contributed by atoms with Gasteiger partial charge >= 0.3 is 5.97 Å². The number of benzene rings is 2. The topological polar surface area (TPSA) is 68.3 Å². The van der Waals surface area contributed by atoms with Crippen LogP contribution in [0.25, 0.3) is 16.3 Å². The summed E-state index contributed by atoms with van der Waals surface area (Å²) in [6.07, 6.45) is 3.11. The lowest BCUT2D eigenvalue weighted by molar-refractivity contribution is -0.111. The van der Waals surface area contributed by atoms with Crippen molar-refractivity contribution >= 4 is 45.2 Å². The molecule has 126 valence electrons. The van der Waals surface area contributed by atoms with Crippen molar-refractivity contribution in [3.05, 3.63) is 64.7 Å². The molecule has 3 aromatic rings. The van der Waals surface area contributed by atoms with Crippen molar-refractivity contribution in [2.24, 2.45) is 0 Å². The van der Waals surface area contributed by atoms with E-state index in [1.165, 1.54) is 24.5 Å². The fraction of sp³-hybridized carbons (Fsp3) is 0.105. The van der Waals surface area contributed by atoms with Gasteiger partial charge in [-0.25, -0.2) is 9.78 Å². The largest absolute Gasteiger partial charge is 0.465 e. The van der Waals surface area contributed by atoms with Crippen LogP contribution in [0.3, 0.4) is 0 Å². The van der Waals surface area contributed by atoms with Crippen molar-refractivity contribution in [3.8, 4) is 0 Å². The smallest absolute Gasteiger partial charge is 0.337 e. The van der Waals surface area contributed by atoms with Gasteiger partial charge in [0, 0.05) is 11.8 Å². The van der Waals surface area contributed by atoms with E-state index in [9.17, 15) is 9.59 Å². The number of thiazole rings is 1. The van der Waals surface area contributed by atoms with Gasteiger partial charge in [-0.1, -0.05) is 18.2 Å². The van der Waals surface area contributed by atoms with Crippen LogP contribution in [0.5, 0.6) is 0 Å². The van der Waals surface area contributed by atoms with Crippen molar-refractivity contribution in [1.29, 1.82) is 0 Å². The molecule has 0 fully saturated rings. The first-order valence-electron chi connectivity index (χ1n) is 7.60. The Morgan fingerprint density at radius 2 is 2.00 bits per heavy atom. The molecular weight excluding hydrogens is 336 g/mol. The third-order valence-corrected chi connectivity index (χ3v) is 4.61. The zero-order valence-corrected chi connectivity index (χ0v) is 14.6. The van der Waals surface area contributed by atoms with Gasteiger partial charge in [0.2, 0.25) is 5.91 Å². The van der Waals surface area contributed by atoms with Gasteiger partial charge in [-0.05, 0) is 42.8 Å². The van der Waals surface area contributed by atoms with Crippen molar-refractivity contribution in [3.63, 3.8) is 0 Å². The van der Waals surface area contributed by atoms with E-state index >= 15 is 0 Å². The Bertz CT molecular complexity index is 943. The van der Waals surface area contributed by atoms with E-state index in [0.29, 0.717) is 11.3 Å². The van der Waals surface area contributed by atoms with Gasteiger partial charge in [0.05, 0.1) is 22.9 Å². The first kappa shape index (κ1) is 16.9. The minimum atomic E-state index is -0.444. The first-order chi connectivity index (χ1) is 12.1. The number of anilines is 1. The van der Waals surface area contributed by atoms with Crippen LogP contribution in [-0.2, 0) is 9.53 Å². The van der Waals surface area contributed by atoms with Crippen LogP contribution < -0.4 is 5.32 Å². The van der Waals surface area contributed by atoms with Crippen LogP contribution in [0.15, 0.2) is 48.5 Å². The highest BCUT2D eigenvalue weighted by Gasteiger charge is 2.09. The number of methoxy groups -OCH3 is 1. The number of amides is 1. The highest BCUT2D eigenvalue weighted by Crippen LogP contribution is 2.22. The first-order valence-corrected chi connectivity index (χ1v) is 8.42. The molecule has 0 bridgehead atoms. The van der Waals surface area contributed by atoms with Crippen LogP contribution in [0.1, 0.15) is 20.9 Å². The van der Waals surface area contributed by atoms with E-state index in [0.717, 1.165) is 20.8 Å². The average molecular weight is 352 g/mol. The number of hydrogen-bond donors (Lipinski definition) is 1. The number of fused-ring (bicyclic) bond motifs is 1. The number of nitrogens with one attached hydrogen (secondary N) is 1. The summed E-state index contributed by atoms with van der Waals surface area (Å²) in [5.41, 5.74) is 2.73. The van der Waals surface area contributed by atoms with Gasteiger partial charge in [-0.3, -0.25) is 4.79 Å². The molecule has 0 saturated carbocycles. The number of nitrogens with zero attached hydrogens (tertiary/aromatic N) is 1. The molecule has 1 N–H and O–H groups in total. The number of para-hydroxylation sites is 1. The van der Waals surface area contributed by atoms with Crippen LogP contribution in [0.4, 0.5) is 5.69 Å². The highest BCUT2D eigenvalue weighted by molar-refractivity contribution is 7.19. The Morgan fingerprint density at radius 3 is 2.76 bits per heavy atom. The molecule has 0 unspecified atom stereocenters. The summed E-state index contributed by atoms with van der Waals surface area (Å²) in [4.78, 5) is 28.2. The molecule has 1 aromatic heterocycles. The molecule has 1 heterocycles. The second-order valence-corrected chi connectivity index (χ2v) is 6.43. The lowest BCUT2D eigenvalue weighted by Gasteiger charge is -2.08. The fourth-order valence-electron chi connectivity index (χ4n) is 2.28. The predicted octanol–water partition coefficient (Wildman–Crippen LogP) is 4.04. The highest BCUT2D eigenvalue weighted by atomic mass is 32.1. The van der Waals surface area contributed by atoms with Gasteiger partial charge in [0.25, 0.3) is 0 Å². The van der Waals surface area contributed by atoms with Crippen LogP contribution in [0.2, 0.25) is 0 Å². The van der Waals surface area contributed by atoms with E-state index in [4.69, 9.17) is 4.74 Å². The molecule has 3 rings (SSSR count). The second-order valence-electron chi connectivity index (χ2n) is 5.36. The van der Waals surface area contributed by atoms with Crippen molar-refractivity contribution in [2.45, 2.75) is 6.92 Å². The Labute approximate surface area is 149 Å². The molecule has 0 radical (unpaired) electrons. The maximum Gasteiger partial charge on any atom is 0.337 e. The van der Waals surface area contributed by atoms with E-state index in [2.05, 4.69) is 10.3 Å². The monoisotopic (exact) mass is 352 g/mol. The van der Waals surface area contributed by atoms with Crippen LogP contribution >= 0.6 is 11.3 Å². The number of aromatic nitrogens is 1. The SMILES string of the molecule is COC(=O)c1ccc(C)c(NC(=O)C=Cc2nc3ccccc3s2)c1. The Balaban J connectivity index is 1.74. The lowest BCUT2D eigenvalue weighted by atomic mass is 10.1. The van der Waals surface area contributed by atoms with Crippen LogP contribution in [0, 0.1) is 6.92 Å². The number of aryl methyl sites for hydroxylation is 1. The Morgan fingerprint density at radius 1 is 1.20 bits per heavy atom. The predicted molar refractivity (Wildman–Crippen MR) is 99.8 cm³/mol. The number of ether oxygens (including phenoxy) is 1. The number of esters is 1. The van der Waals surface area contributed by atoms with Gasteiger partial charge < -0.3 is 10.1 Å². The zero-order valence-electron chi connectivity index (χ0n) is 13.8. The minimum absolute atomic E-state index is 0.288. The van der Waals surface area contributed by atoms with E-state index < -0.39 is 5.97 Å². The number of carbonyl (C=O) groups excluding carboxylic acids is 2. The fourth-order valence-corrected chi connectivity index (χ4v) is 3.15. The molecule has 0 aliphatic carbocycles. The molecular formula is C19H16N2O3S. The number of hydrogen-bond acceptors (Lipinski definition) is 5. The van der Waals surface area contributed by atoms with Crippen molar-refractivity contribution < 1.29 is 14.3 Å². The average Bonchev–Trinajstić information content (AvgIpc) is 3.04. The summed E-state index contributed by atoms with van der Waals surface area (Å²) in [7, 11) is 1.32. The molecule has 0 saturated heterocycles. The lowest BCUT2D eigenvalue weighted by Crippen LogP contribution is -2.10. The third kappa shape index (κ3) is 3.92. The van der Waals surface area contributed by atoms with E-state index in [1.807, 2.05) is 31.2 Å². The van der Waals surface area contributed by atoms with Gasteiger partial charge in [-0.2, -0.15) is 0 Å². The Kier molecular flexibility index (Phi) is 4.90. The van der Waals surface area contributed by atoms with Gasteiger partial charge in [0.1, 0.15) is 5.01 Å². The second kappa shape index (κ2) is 7.27. The standard InChI is InChI=1S/C19H16N2O3S/c1-12-7-8-13(19(23)24-2)11-15(12)20-17(22)9-10-18-21-14-5-3-4-6-16(14)25-18/h3-11H,1-2H3,(H,20,22). The molecule has 25 heavy (non-hydrogen) atoms. The summed E-state index contributed by atoms with van der Waals surface area (Å²) in [5.74, 6) is -0.732. The van der Waals surface area contributed by atoms with Crippen molar-refractivity contribution in [2.75, 3.05) is 12.4 Å². The molecule has 5 nitrogen and oxygen atoms in total. The molecule has 0 atom stereocenters.